The predicted molar refractivity (Wildman–Crippen MR) is 164 cm³/mol. The van der Waals surface area contributed by atoms with E-state index in [0.29, 0.717) is 10.7 Å². The summed E-state index contributed by atoms with van der Waals surface area (Å²) in [5, 5.41) is 10.7. The molecule has 4 atom stereocenters. The van der Waals surface area contributed by atoms with Crippen molar-refractivity contribution in [1.82, 2.24) is 4.90 Å². The van der Waals surface area contributed by atoms with Crippen LogP contribution >= 0.6 is 23.2 Å². The van der Waals surface area contributed by atoms with E-state index in [2.05, 4.69) is 6.07 Å². The molecule has 3 aromatic carbocycles. The molecule has 0 radical (unpaired) electrons. The normalized spacial score (nSPS) is 21.5. The van der Waals surface area contributed by atoms with Crippen LogP contribution in [0.4, 0.5) is 10.1 Å². The van der Waals surface area contributed by atoms with Gasteiger partial charge in [-0.2, -0.15) is 5.26 Å². The highest BCUT2D eigenvalue weighted by molar-refractivity contribution is 7.87. The van der Waals surface area contributed by atoms with Crippen molar-refractivity contribution in [3.8, 4) is 6.07 Å². The van der Waals surface area contributed by atoms with E-state index in [0.717, 1.165) is 36.3 Å². The minimum Gasteiger partial charge on any atom is -0.365 e. The first-order valence-electron chi connectivity index (χ1n) is 14.1. The van der Waals surface area contributed by atoms with Gasteiger partial charge in [0.2, 0.25) is 0 Å². The maximum atomic E-state index is 14.9. The van der Waals surface area contributed by atoms with Gasteiger partial charge in [0.05, 0.1) is 48.7 Å². The number of halogens is 3. The molecule has 0 aromatic heterocycles. The Kier molecular flexibility index (Phi) is 10.2. The minimum absolute atomic E-state index is 0.00764. The van der Waals surface area contributed by atoms with E-state index in [-0.39, 0.29) is 48.7 Å². The Labute approximate surface area is 258 Å². The molecule has 6 rings (SSSR count). The number of para-hydroxylation sites is 1. The third kappa shape index (κ3) is 7.51. The lowest BCUT2D eigenvalue weighted by atomic mass is 9.98. The average molecular weight is 629 g/mol. The number of nitriles is 1. The summed E-state index contributed by atoms with van der Waals surface area (Å²) < 4.78 is 35.8. The van der Waals surface area contributed by atoms with Crippen molar-refractivity contribution in [2.45, 2.75) is 55.5 Å². The molecule has 2 aliphatic carbocycles. The molecule has 6 nitrogen and oxygen atoms in total. The molecule has 0 bridgehead atoms. The van der Waals surface area contributed by atoms with Crippen LogP contribution in [0.25, 0.3) is 0 Å². The molecule has 0 N–H and O–H groups in total. The van der Waals surface area contributed by atoms with Crippen LogP contribution in [0, 0.1) is 23.1 Å². The van der Waals surface area contributed by atoms with Crippen LogP contribution in [-0.2, 0) is 20.5 Å². The predicted octanol–water partition coefficient (Wildman–Crippen LogP) is 7.11. The topological polar surface area (TPSA) is 73.6 Å². The van der Waals surface area contributed by atoms with Crippen LogP contribution in [-0.4, -0.2) is 45.6 Å². The number of morpholine rings is 1. The van der Waals surface area contributed by atoms with Gasteiger partial charge >= 0.3 is 0 Å². The fraction of sp³-hybridized carbons (Fsp3) is 0.375. The van der Waals surface area contributed by atoms with E-state index < -0.39 is 22.9 Å². The number of benzene rings is 3. The number of hydrogen-bond acceptors (Lipinski definition) is 4. The van der Waals surface area contributed by atoms with Gasteiger partial charge in [-0.3, -0.25) is 9.10 Å². The number of carbonyl (C=O) groups is 1. The number of anilines is 1. The van der Waals surface area contributed by atoms with Crippen molar-refractivity contribution in [3.63, 3.8) is 0 Å². The number of hydrogen-bond donors (Lipinski definition) is 0. The standard InChI is InChI=1S/C26H27ClFN3O3S.C6H5Cl/c27-19-9-7-18(8-10-19)24-16-34-25(13-14-29)26(32)31(24)23(17-5-6-17)15-30(35(33)20-11-12-20)22-4-2-1-3-21(22)28;7-6-4-2-1-3-5-6/h1-4,7-10,17,20,23-25H,5-6,11-13,15-16H2;1-5H. The zero-order chi connectivity index (χ0) is 29.6. The maximum Gasteiger partial charge on any atom is 0.253 e. The lowest BCUT2D eigenvalue weighted by Crippen LogP contribution is -2.57. The molecule has 1 heterocycles. The molecule has 2 saturated carbocycles. The molecule has 220 valence electrons. The summed E-state index contributed by atoms with van der Waals surface area (Å²) in [5.41, 5.74) is 1.17. The van der Waals surface area contributed by atoms with Crippen molar-refractivity contribution in [2.24, 2.45) is 5.92 Å². The summed E-state index contributed by atoms with van der Waals surface area (Å²) in [6.45, 7) is 0.498. The molecule has 3 fully saturated rings. The second kappa shape index (κ2) is 14.0. The highest BCUT2D eigenvalue weighted by atomic mass is 35.5. The van der Waals surface area contributed by atoms with E-state index in [1.165, 1.54) is 6.07 Å². The third-order valence-electron chi connectivity index (χ3n) is 7.61. The molecule has 3 aliphatic rings. The third-order valence-corrected chi connectivity index (χ3v) is 9.94. The van der Waals surface area contributed by atoms with E-state index in [4.69, 9.17) is 27.9 Å². The van der Waals surface area contributed by atoms with Crippen molar-refractivity contribution >= 4 is 45.8 Å². The van der Waals surface area contributed by atoms with Gasteiger partial charge in [-0.25, -0.2) is 8.60 Å². The van der Waals surface area contributed by atoms with E-state index >= 15 is 0 Å². The number of ether oxygens (including phenoxy) is 1. The van der Waals surface area contributed by atoms with Gasteiger partial charge in [0.15, 0.2) is 0 Å². The van der Waals surface area contributed by atoms with Gasteiger partial charge in [0, 0.05) is 10.0 Å². The highest BCUT2D eigenvalue weighted by Gasteiger charge is 2.47. The van der Waals surface area contributed by atoms with Gasteiger partial charge in [0.1, 0.15) is 22.9 Å². The Balaban J connectivity index is 0.000000442. The summed E-state index contributed by atoms with van der Waals surface area (Å²) in [7, 11) is -1.40. The van der Waals surface area contributed by atoms with Gasteiger partial charge in [0.25, 0.3) is 5.91 Å². The quantitative estimate of drug-likeness (QED) is 0.253. The first kappa shape index (κ1) is 30.5. The summed E-state index contributed by atoms with van der Waals surface area (Å²) in [4.78, 5) is 15.5. The fourth-order valence-corrected chi connectivity index (χ4v) is 6.96. The summed E-state index contributed by atoms with van der Waals surface area (Å²) in [6.07, 6.45) is 2.69. The summed E-state index contributed by atoms with van der Waals surface area (Å²) >= 11 is 11.6. The molecule has 4 unspecified atom stereocenters. The second-order valence-corrected chi connectivity index (χ2v) is 13.2. The Hall–Kier alpha value is -2.96. The Morgan fingerprint density at radius 2 is 1.62 bits per heavy atom. The first-order valence-corrected chi connectivity index (χ1v) is 16.0. The number of rotatable bonds is 9. The second-order valence-electron chi connectivity index (χ2n) is 10.7. The lowest BCUT2D eigenvalue weighted by molar-refractivity contribution is -0.164. The number of nitrogens with zero attached hydrogens (tertiary/aromatic N) is 3. The molecule has 10 heteroatoms. The average Bonchev–Trinajstić information content (AvgIpc) is 3.91. The van der Waals surface area contributed by atoms with Crippen LogP contribution in [0.1, 0.15) is 43.7 Å². The number of amides is 1. The number of carbonyl (C=O) groups excluding carboxylic acids is 1. The zero-order valence-corrected chi connectivity index (χ0v) is 25.3. The molecular weight excluding hydrogens is 596 g/mol. The summed E-state index contributed by atoms with van der Waals surface area (Å²) in [6, 6.07) is 24.5. The molecule has 3 aromatic rings. The highest BCUT2D eigenvalue weighted by Crippen LogP contribution is 2.43. The largest absolute Gasteiger partial charge is 0.365 e. The monoisotopic (exact) mass is 627 g/mol. The van der Waals surface area contributed by atoms with Gasteiger partial charge in [-0.15, -0.1) is 0 Å². The SMILES string of the molecule is Clc1ccccc1.N#CCC1OCC(c2ccc(Cl)cc2)N(C(CN(c2ccccc2F)S(=O)C2CC2)C2CC2)C1=O. The van der Waals surface area contributed by atoms with E-state index in [1.807, 2.05) is 47.4 Å². The van der Waals surface area contributed by atoms with Gasteiger partial charge in [-0.1, -0.05) is 65.7 Å². The molecule has 1 saturated heterocycles. The fourth-order valence-electron chi connectivity index (χ4n) is 5.15. The molecule has 0 spiro atoms. The van der Waals surface area contributed by atoms with Crippen LogP contribution < -0.4 is 4.31 Å². The van der Waals surface area contributed by atoms with Crippen molar-refractivity contribution < 1.29 is 18.1 Å². The smallest absolute Gasteiger partial charge is 0.253 e. The van der Waals surface area contributed by atoms with Gasteiger partial charge in [-0.05, 0) is 73.6 Å². The van der Waals surface area contributed by atoms with Crippen molar-refractivity contribution in [3.05, 3.63) is 100 Å². The Bertz CT molecular complexity index is 1430. The molecule has 1 amide bonds. The Morgan fingerprint density at radius 1 is 0.976 bits per heavy atom. The van der Waals surface area contributed by atoms with Crippen LogP contribution in [0.5, 0.6) is 0 Å². The van der Waals surface area contributed by atoms with Crippen LogP contribution in [0.15, 0.2) is 78.9 Å². The molecule has 1 aliphatic heterocycles. The molecule has 42 heavy (non-hydrogen) atoms. The van der Waals surface area contributed by atoms with E-state index in [1.54, 1.807) is 34.6 Å². The lowest BCUT2D eigenvalue weighted by Gasteiger charge is -2.45. The van der Waals surface area contributed by atoms with Crippen molar-refractivity contribution in [1.29, 1.82) is 5.26 Å². The van der Waals surface area contributed by atoms with Gasteiger partial charge < -0.3 is 9.64 Å². The maximum absolute atomic E-state index is 14.9. The zero-order valence-electron chi connectivity index (χ0n) is 23.0. The minimum atomic E-state index is -1.40. The van der Waals surface area contributed by atoms with Crippen LogP contribution in [0.3, 0.4) is 0 Å². The summed E-state index contributed by atoms with van der Waals surface area (Å²) in [5.74, 6) is -0.471. The van der Waals surface area contributed by atoms with Crippen LogP contribution in [0.2, 0.25) is 10.0 Å². The molecular formula is C32H32Cl2FN3O3S. The van der Waals surface area contributed by atoms with E-state index in [9.17, 15) is 18.7 Å². The van der Waals surface area contributed by atoms with Crippen molar-refractivity contribution in [2.75, 3.05) is 17.5 Å². The first-order chi connectivity index (χ1) is 20.4. The Morgan fingerprint density at radius 3 is 2.19 bits per heavy atom.